The van der Waals surface area contributed by atoms with Gasteiger partial charge in [-0.3, -0.25) is 0 Å². The number of benzene rings is 1. The minimum absolute atomic E-state index is 0. The largest absolute Gasteiger partial charge is 0.368 e. The van der Waals surface area contributed by atoms with Crippen LogP contribution in [0.15, 0.2) is 24.3 Å². The van der Waals surface area contributed by atoms with E-state index >= 15 is 0 Å². The highest BCUT2D eigenvalue weighted by atomic mass is 35.5. The van der Waals surface area contributed by atoms with Crippen LogP contribution < -0.4 is 16.4 Å². The summed E-state index contributed by atoms with van der Waals surface area (Å²) in [6, 6.07) is 8.50. The number of nitrogens with one attached hydrogen (secondary N) is 1. The molecule has 0 radical (unpaired) electrons. The zero-order chi connectivity index (χ0) is 17.6. The minimum atomic E-state index is 0. The molecule has 1 aliphatic rings. The number of hydrogen-bond donors (Lipinski definition) is 3. The Labute approximate surface area is 170 Å². The molecule has 0 spiro atoms. The van der Waals surface area contributed by atoms with E-state index in [4.69, 9.17) is 11.5 Å². The molecule has 1 aromatic carbocycles. The Bertz CT molecular complexity index is 921. The highest BCUT2D eigenvalue weighted by molar-refractivity contribution is 5.85. The first-order chi connectivity index (χ1) is 12.0. The van der Waals surface area contributed by atoms with Crippen LogP contribution in [-0.2, 0) is 6.54 Å². The standard InChI is InChI=1S/C18H23N7.2ClH/c1-10-3-4-13-15(5-10)22-16(21-13)9-25(2)17-8-14(23-18(20)24-17)11-6-12(19)7-11;;/h3-5,8,11-12H,6-7,9,19H2,1-2H3,(H,21,22)(H2,20,23,24);2*1H. The van der Waals surface area contributed by atoms with Crippen LogP contribution in [0, 0.1) is 6.92 Å². The monoisotopic (exact) mass is 409 g/mol. The van der Waals surface area contributed by atoms with Crippen molar-refractivity contribution in [3.63, 3.8) is 0 Å². The molecule has 4 rings (SSSR count). The molecule has 9 heteroatoms. The number of imidazole rings is 1. The van der Waals surface area contributed by atoms with Crippen molar-refractivity contribution in [3.8, 4) is 0 Å². The summed E-state index contributed by atoms with van der Waals surface area (Å²) >= 11 is 0. The molecule has 0 aliphatic heterocycles. The number of aromatic amines is 1. The Kier molecular flexibility index (Phi) is 6.51. The molecule has 0 atom stereocenters. The molecule has 3 aromatic rings. The number of nitrogen functional groups attached to an aromatic ring is 1. The summed E-state index contributed by atoms with van der Waals surface area (Å²) in [5, 5.41) is 0. The summed E-state index contributed by atoms with van der Waals surface area (Å²) in [4.78, 5) is 18.8. The Morgan fingerprint density at radius 3 is 2.59 bits per heavy atom. The van der Waals surface area contributed by atoms with Gasteiger partial charge in [0.1, 0.15) is 11.6 Å². The average Bonchev–Trinajstić information content (AvgIpc) is 2.92. The van der Waals surface area contributed by atoms with Crippen molar-refractivity contribution in [2.75, 3.05) is 17.7 Å². The van der Waals surface area contributed by atoms with E-state index in [1.165, 1.54) is 5.56 Å². The van der Waals surface area contributed by atoms with Crippen LogP contribution in [0.25, 0.3) is 11.0 Å². The number of rotatable bonds is 4. The van der Waals surface area contributed by atoms with Gasteiger partial charge < -0.3 is 21.4 Å². The summed E-state index contributed by atoms with van der Waals surface area (Å²) < 4.78 is 0. The van der Waals surface area contributed by atoms with Gasteiger partial charge in [-0.05, 0) is 37.5 Å². The Morgan fingerprint density at radius 1 is 1.15 bits per heavy atom. The molecule has 0 saturated heterocycles. The molecule has 2 aromatic heterocycles. The van der Waals surface area contributed by atoms with Gasteiger partial charge in [0.05, 0.1) is 23.3 Å². The number of nitrogens with two attached hydrogens (primary N) is 2. The summed E-state index contributed by atoms with van der Waals surface area (Å²) in [5.74, 6) is 2.40. The third-order valence-corrected chi connectivity index (χ3v) is 4.81. The van der Waals surface area contributed by atoms with Gasteiger partial charge in [-0.25, -0.2) is 9.97 Å². The molecular weight excluding hydrogens is 385 g/mol. The van der Waals surface area contributed by atoms with Crippen LogP contribution >= 0.6 is 24.8 Å². The summed E-state index contributed by atoms with van der Waals surface area (Å²) in [7, 11) is 1.98. The fourth-order valence-electron chi connectivity index (χ4n) is 3.34. The molecule has 0 amide bonds. The van der Waals surface area contributed by atoms with Crippen molar-refractivity contribution in [1.29, 1.82) is 0 Å². The highest BCUT2D eigenvalue weighted by Crippen LogP contribution is 2.35. The van der Waals surface area contributed by atoms with Gasteiger partial charge >= 0.3 is 0 Å². The van der Waals surface area contributed by atoms with E-state index in [1.807, 2.05) is 24.1 Å². The van der Waals surface area contributed by atoms with E-state index in [1.54, 1.807) is 0 Å². The minimum Gasteiger partial charge on any atom is -0.368 e. The van der Waals surface area contributed by atoms with E-state index in [9.17, 15) is 0 Å². The lowest BCUT2D eigenvalue weighted by atomic mass is 9.78. The molecule has 5 N–H and O–H groups in total. The number of hydrogen-bond acceptors (Lipinski definition) is 6. The zero-order valence-electron chi connectivity index (χ0n) is 15.3. The van der Waals surface area contributed by atoms with Crippen molar-refractivity contribution in [3.05, 3.63) is 41.3 Å². The topological polar surface area (TPSA) is 110 Å². The van der Waals surface area contributed by atoms with Crippen molar-refractivity contribution < 1.29 is 0 Å². The Balaban J connectivity index is 0.00000131. The molecule has 0 bridgehead atoms. The predicted octanol–water partition coefficient (Wildman–Crippen LogP) is 2.93. The molecule has 1 aliphatic carbocycles. The number of nitrogens with zero attached hydrogens (tertiary/aromatic N) is 4. The number of H-pyrrole nitrogens is 1. The van der Waals surface area contributed by atoms with E-state index in [0.717, 1.165) is 41.2 Å². The maximum absolute atomic E-state index is 5.92. The molecule has 2 heterocycles. The van der Waals surface area contributed by atoms with Gasteiger partial charge in [-0.2, -0.15) is 4.98 Å². The third-order valence-electron chi connectivity index (χ3n) is 4.81. The fraction of sp³-hybridized carbons (Fsp3) is 0.389. The van der Waals surface area contributed by atoms with Gasteiger partial charge in [0, 0.05) is 25.1 Å². The Hall–Kier alpha value is -2.09. The van der Waals surface area contributed by atoms with Crippen molar-refractivity contribution in [2.24, 2.45) is 5.73 Å². The summed E-state index contributed by atoms with van der Waals surface area (Å²) in [5.41, 5.74) is 16.0. The van der Waals surface area contributed by atoms with Gasteiger partial charge in [0.25, 0.3) is 0 Å². The van der Waals surface area contributed by atoms with Crippen molar-refractivity contribution >= 4 is 47.6 Å². The van der Waals surface area contributed by atoms with Gasteiger partial charge in [-0.1, -0.05) is 6.07 Å². The van der Waals surface area contributed by atoms with Crippen LogP contribution in [-0.4, -0.2) is 33.0 Å². The molecule has 1 saturated carbocycles. The molecule has 146 valence electrons. The lowest BCUT2D eigenvalue weighted by molar-refractivity contribution is 0.345. The SMILES string of the molecule is Cc1ccc2nc(CN(C)c3cc(C4CC(N)C4)nc(N)n3)[nH]c2c1.Cl.Cl. The van der Waals surface area contributed by atoms with Gasteiger partial charge in [-0.15, -0.1) is 24.8 Å². The first-order valence-electron chi connectivity index (χ1n) is 8.54. The van der Waals surface area contributed by atoms with Crippen LogP contribution in [0.5, 0.6) is 0 Å². The zero-order valence-corrected chi connectivity index (χ0v) is 17.0. The average molecular weight is 410 g/mol. The number of fused-ring (bicyclic) bond motifs is 1. The molecular formula is C18H25Cl2N7. The number of halogens is 2. The Morgan fingerprint density at radius 2 is 1.89 bits per heavy atom. The highest BCUT2D eigenvalue weighted by Gasteiger charge is 2.29. The second-order valence-corrected chi connectivity index (χ2v) is 7.00. The first kappa shape index (κ1) is 21.2. The van der Waals surface area contributed by atoms with Crippen LogP contribution in [0.1, 0.15) is 35.8 Å². The first-order valence-corrected chi connectivity index (χ1v) is 8.54. The maximum Gasteiger partial charge on any atom is 0.222 e. The number of anilines is 2. The smallest absolute Gasteiger partial charge is 0.222 e. The van der Waals surface area contributed by atoms with Crippen LogP contribution in [0.2, 0.25) is 0 Å². The third kappa shape index (κ3) is 4.43. The summed E-state index contributed by atoms with van der Waals surface area (Å²) in [6.07, 6.45) is 1.92. The van der Waals surface area contributed by atoms with E-state index in [-0.39, 0.29) is 30.9 Å². The molecule has 7 nitrogen and oxygen atoms in total. The van der Waals surface area contributed by atoms with E-state index in [2.05, 4.69) is 39.0 Å². The predicted molar refractivity (Wildman–Crippen MR) is 114 cm³/mol. The lowest BCUT2D eigenvalue weighted by Crippen LogP contribution is -2.35. The second-order valence-electron chi connectivity index (χ2n) is 7.00. The van der Waals surface area contributed by atoms with Crippen molar-refractivity contribution in [2.45, 2.75) is 38.3 Å². The molecule has 1 fully saturated rings. The lowest BCUT2D eigenvalue weighted by Gasteiger charge is -2.32. The molecule has 0 unspecified atom stereocenters. The van der Waals surface area contributed by atoms with Crippen LogP contribution in [0.3, 0.4) is 0 Å². The van der Waals surface area contributed by atoms with E-state index < -0.39 is 0 Å². The van der Waals surface area contributed by atoms with E-state index in [0.29, 0.717) is 18.4 Å². The van der Waals surface area contributed by atoms with Crippen molar-refractivity contribution in [1.82, 2.24) is 19.9 Å². The second kappa shape index (κ2) is 8.29. The maximum atomic E-state index is 5.92. The van der Waals surface area contributed by atoms with Crippen LogP contribution in [0.4, 0.5) is 11.8 Å². The number of aromatic nitrogens is 4. The van der Waals surface area contributed by atoms with Gasteiger partial charge in [0.15, 0.2) is 0 Å². The normalized spacial score (nSPS) is 18.3. The fourth-order valence-corrected chi connectivity index (χ4v) is 3.34. The number of aryl methyl sites for hydroxylation is 1. The summed E-state index contributed by atoms with van der Waals surface area (Å²) in [6.45, 7) is 2.69. The quantitative estimate of drug-likeness (QED) is 0.610. The molecule has 27 heavy (non-hydrogen) atoms. The van der Waals surface area contributed by atoms with Gasteiger partial charge in [0.2, 0.25) is 5.95 Å².